The number of carboxylic acid groups (broad SMARTS) is 1. The molecule has 0 bridgehead atoms. The fourth-order valence-electron chi connectivity index (χ4n) is 3.13. The number of carbonyl (C=O) groups is 2. The molecule has 27 heavy (non-hydrogen) atoms. The predicted molar refractivity (Wildman–Crippen MR) is 104 cm³/mol. The normalized spacial score (nSPS) is 11.0. The average Bonchev–Trinajstić information content (AvgIpc) is 3.14. The summed E-state index contributed by atoms with van der Waals surface area (Å²) in [6, 6.07) is 15.0. The Kier molecular flexibility index (Phi) is 4.30. The topological polar surface area (TPSA) is 95.1 Å². The molecule has 3 N–H and O–H groups in total. The first-order chi connectivity index (χ1) is 13.1. The van der Waals surface area contributed by atoms with Crippen LogP contribution in [0.2, 0.25) is 0 Å². The minimum Gasteiger partial charge on any atom is -0.477 e. The number of hydrogen-bond acceptors (Lipinski definition) is 3. The van der Waals surface area contributed by atoms with E-state index in [2.05, 4.69) is 21.4 Å². The van der Waals surface area contributed by atoms with Gasteiger partial charge in [0.2, 0.25) is 5.91 Å². The molecule has 2 aromatic carbocycles. The van der Waals surface area contributed by atoms with Gasteiger partial charge >= 0.3 is 5.97 Å². The summed E-state index contributed by atoms with van der Waals surface area (Å²) in [5.41, 5.74) is 2.78. The Morgan fingerprint density at radius 1 is 1.07 bits per heavy atom. The van der Waals surface area contributed by atoms with E-state index in [0.717, 1.165) is 21.9 Å². The maximum atomic E-state index is 12.4. The first-order valence-corrected chi connectivity index (χ1v) is 8.58. The summed E-state index contributed by atoms with van der Waals surface area (Å²) in [6.45, 7) is 0. The molecule has 6 nitrogen and oxygen atoms in total. The Morgan fingerprint density at radius 2 is 1.96 bits per heavy atom. The second-order valence-electron chi connectivity index (χ2n) is 6.35. The van der Waals surface area contributed by atoms with Crippen molar-refractivity contribution < 1.29 is 14.7 Å². The van der Waals surface area contributed by atoms with Gasteiger partial charge in [-0.1, -0.05) is 18.2 Å². The van der Waals surface area contributed by atoms with Gasteiger partial charge in [0.05, 0.1) is 5.69 Å². The number of carbonyl (C=O) groups excluding carboxylic acids is 1. The maximum Gasteiger partial charge on any atom is 0.354 e. The summed E-state index contributed by atoms with van der Waals surface area (Å²) < 4.78 is 0. The molecule has 0 aliphatic rings. The number of nitrogens with zero attached hydrogens (tertiary/aromatic N) is 1. The molecule has 0 aliphatic carbocycles. The summed E-state index contributed by atoms with van der Waals surface area (Å²) in [4.78, 5) is 30.5. The molecule has 0 spiro atoms. The van der Waals surface area contributed by atoms with Crippen molar-refractivity contribution in [2.24, 2.45) is 0 Å². The number of hydrogen-bond donors (Lipinski definition) is 3. The molecule has 0 saturated carbocycles. The highest BCUT2D eigenvalue weighted by molar-refractivity contribution is 6.03. The minimum absolute atomic E-state index is 0.0221. The first kappa shape index (κ1) is 16.8. The van der Waals surface area contributed by atoms with Gasteiger partial charge < -0.3 is 15.4 Å². The number of amides is 1. The molecule has 6 heteroatoms. The predicted octanol–water partition coefficient (Wildman–Crippen LogP) is 3.99. The second kappa shape index (κ2) is 6.92. The van der Waals surface area contributed by atoms with Crippen LogP contribution in [0, 0.1) is 0 Å². The van der Waals surface area contributed by atoms with Crippen LogP contribution in [0.25, 0.3) is 21.7 Å². The van der Waals surface area contributed by atoms with Crippen molar-refractivity contribution in [1.29, 1.82) is 0 Å². The summed E-state index contributed by atoms with van der Waals surface area (Å²) >= 11 is 0. The number of pyridine rings is 1. The SMILES string of the molecule is O=C(CCc1ccc2[nH]ccc2c1)Nc1cccc2cc(C(=O)O)ncc12. The standard InChI is InChI=1S/C21H17N3O3/c25-20(7-5-13-4-6-17-15(10-13)8-9-22-17)24-18-3-1-2-14-11-19(21(26)27)23-12-16(14)18/h1-4,6,8-12,22H,5,7H2,(H,24,25)(H,26,27). The van der Waals surface area contributed by atoms with Gasteiger partial charge in [-0.25, -0.2) is 9.78 Å². The van der Waals surface area contributed by atoms with Crippen LogP contribution in [-0.4, -0.2) is 27.0 Å². The van der Waals surface area contributed by atoms with Crippen LogP contribution in [0.4, 0.5) is 5.69 Å². The van der Waals surface area contributed by atoms with Crippen LogP contribution in [0.5, 0.6) is 0 Å². The lowest BCUT2D eigenvalue weighted by Gasteiger charge is -2.09. The highest BCUT2D eigenvalue weighted by Gasteiger charge is 2.10. The largest absolute Gasteiger partial charge is 0.477 e. The molecular weight excluding hydrogens is 342 g/mol. The molecule has 1 amide bonds. The van der Waals surface area contributed by atoms with Crippen molar-refractivity contribution in [1.82, 2.24) is 9.97 Å². The first-order valence-electron chi connectivity index (χ1n) is 8.58. The lowest BCUT2D eigenvalue weighted by molar-refractivity contribution is -0.116. The van der Waals surface area contributed by atoms with Crippen molar-refractivity contribution in [3.8, 4) is 0 Å². The van der Waals surface area contributed by atoms with Gasteiger partial charge in [-0.15, -0.1) is 0 Å². The highest BCUT2D eigenvalue weighted by atomic mass is 16.4. The highest BCUT2D eigenvalue weighted by Crippen LogP contribution is 2.24. The number of H-pyrrole nitrogens is 1. The average molecular weight is 359 g/mol. The number of aromatic amines is 1. The van der Waals surface area contributed by atoms with Gasteiger partial charge in [-0.3, -0.25) is 4.79 Å². The zero-order chi connectivity index (χ0) is 18.8. The van der Waals surface area contributed by atoms with E-state index < -0.39 is 5.97 Å². The van der Waals surface area contributed by atoms with E-state index in [4.69, 9.17) is 5.11 Å². The van der Waals surface area contributed by atoms with Gasteiger partial charge in [-0.05, 0) is 53.1 Å². The molecule has 0 atom stereocenters. The van der Waals surface area contributed by atoms with E-state index in [0.29, 0.717) is 23.9 Å². The van der Waals surface area contributed by atoms with E-state index in [1.165, 1.54) is 12.3 Å². The molecular formula is C21H17N3O3. The van der Waals surface area contributed by atoms with Crippen LogP contribution >= 0.6 is 0 Å². The number of fused-ring (bicyclic) bond motifs is 2. The van der Waals surface area contributed by atoms with Crippen LogP contribution in [-0.2, 0) is 11.2 Å². The monoisotopic (exact) mass is 359 g/mol. The van der Waals surface area contributed by atoms with E-state index in [1.807, 2.05) is 24.4 Å². The molecule has 4 aromatic rings. The van der Waals surface area contributed by atoms with Crippen molar-refractivity contribution in [2.45, 2.75) is 12.8 Å². The van der Waals surface area contributed by atoms with Crippen molar-refractivity contribution in [3.05, 3.63) is 72.2 Å². The third-order valence-corrected chi connectivity index (χ3v) is 4.52. The van der Waals surface area contributed by atoms with Crippen molar-refractivity contribution in [3.63, 3.8) is 0 Å². The molecule has 2 heterocycles. The number of anilines is 1. The van der Waals surface area contributed by atoms with Gasteiger partial charge in [0.15, 0.2) is 0 Å². The smallest absolute Gasteiger partial charge is 0.354 e. The fraction of sp³-hybridized carbons (Fsp3) is 0.0952. The summed E-state index contributed by atoms with van der Waals surface area (Å²) in [5.74, 6) is -1.18. The van der Waals surface area contributed by atoms with E-state index >= 15 is 0 Å². The van der Waals surface area contributed by atoms with E-state index in [-0.39, 0.29) is 11.6 Å². The fourth-order valence-corrected chi connectivity index (χ4v) is 3.13. The Bertz CT molecular complexity index is 1160. The van der Waals surface area contributed by atoms with Crippen LogP contribution in [0.1, 0.15) is 22.5 Å². The van der Waals surface area contributed by atoms with Crippen LogP contribution < -0.4 is 5.32 Å². The lowest BCUT2D eigenvalue weighted by atomic mass is 10.1. The molecule has 0 saturated heterocycles. The molecule has 0 aliphatic heterocycles. The summed E-state index contributed by atoms with van der Waals surface area (Å²) in [7, 11) is 0. The quantitative estimate of drug-likeness (QED) is 0.502. The third-order valence-electron chi connectivity index (χ3n) is 4.52. The van der Waals surface area contributed by atoms with Gasteiger partial charge in [-0.2, -0.15) is 0 Å². The molecule has 134 valence electrons. The Balaban J connectivity index is 1.48. The molecule has 4 rings (SSSR count). The number of benzene rings is 2. The van der Waals surface area contributed by atoms with Crippen LogP contribution in [0.15, 0.2) is 60.9 Å². The third kappa shape index (κ3) is 3.50. The Hall–Kier alpha value is -3.67. The van der Waals surface area contributed by atoms with E-state index in [9.17, 15) is 9.59 Å². The number of rotatable bonds is 5. The molecule has 0 radical (unpaired) electrons. The summed E-state index contributed by atoms with van der Waals surface area (Å²) in [5, 5.41) is 14.5. The zero-order valence-corrected chi connectivity index (χ0v) is 14.4. The number of aryl methyl sites for hydroxylation is 1. The van der Waals surface area contributed by atoms with Crippen molar-refractivity contribution >= 4 is 39.2 Å². The minimum atomic E-state index is -1.08. The van der Waals surface area contributed by atoms with Crippen LogP contribution in [0.3, 0.4) is 0 Å². The Labute approximate surface area is 154 Å². The molecule has 2 aromatic heterocycles. The number of carboxylic acids is 1. The number of aromatic carboxylic acids is 1. The second-order valence-corrected chi connectivity index (χ2v) is 6.35. The maximum absolute atomic E-state index is 12.4. The van der Waals surface area contributed by atoms with Gasteiger partial charge in [0.25, 0.3) is 0 Å². The number of aromatic nitrogens is 2. The van der Waals surface area contributed by atoms with Gasteiger partial charge in [0, 0.05) is 29.7 Å². The van der Waals surface area contributed by atoms with Gasteiger partial charge in [0.1, 0.15) is 5.69 Å². The molecule has 0 fully saturated rings. The molecule has 0 unspecified atom stereocenters. The zero-order valence-electron chi connectivity index (χ0n) is 14.4. The lowest BCUT2D eigenvalue weighted by Crippen LogP contribution is -2.12. The Morgan fingerprint density at radius 3 is 2.81 bits per heavy atom. The van der Waals surface area contributed by atoms with E-state index in [1.54, 1.807) is 18.2 Å². The summed E-state index contributed by atoms with van der Waals surface area (Å²) in [6.07, 6.45) is 4.37. The number of nitrogens with one attached hydrogen (secondary N) is 2. The van der Waals surface area contributed by atoms with Crippen molar-refractivity contribution in [2.75, 3.05) is 5.32 Å².